The number of carbonyl (C=O) groups is 1. The van der Waals surface area contributed by atoms with E-state index in [2.05, 4.69) is 10.3 Å². The van der Waals surface area contributed by atoms with Crippen molar-refractivity contribution in [3.05, 3.63) is 10.6 Å². The van der Waals surface area contributed by atoms with Gasteiger partial charge in [0.2, 0.25) is 0 Å². The van der Waals surface area contributed by atoms with Crippen molar-refractivity contribution in [3.8, 4) is 0 Å². The molecule has 5 nitrogen and oxygen atoms in total. The summed E-state index contributed by atoms with van der Waals surface area (Å²) >= 11 is 1.45. The summed E-state index contributed by atoms with van der Waals surface area (Å²) in [7, 11) is 0. The van der Waals surface area contributed by atoms with Gasteiger partial charge in [-0.3, -0.25) is 0 Å². The SMILES string of the molecule is Nc1nc2c(s1)C[C@@H](NC(=O)O)CC2. The summed E-state index contributed by atoms with van der Waals surface area (Å²) in [5.74, 6) is 0. The quantitative estimate of drug-likeness (QED) is 0.645. The maximum atomic E-state index is 10.4. The standard InChI is InChI=1S/C8H11N3O2S/c9-7-11-5-2-1-4(10-8(12)13)3-6(5)14-7/h4,10H,1-3H2,(H2,9,11)(H,12,13)/t4-/m0/s1. The molecule has 1 aromatic heterocycles. The fourth-order valence-electron chi connectivity index (χ4n) is 1.69. The Labute approximate surface area is 85.0 Å². The van der Waals surface area contributed by atoms with Crippen molar-refractivity contribution in [1.29, 1.82) is 0 Å². The van der Waals surface area contributed by atoms with Crippen LogP contribution in [-0.4, -0.2) is 22.2 Å². The van der Waals surface area contributed by atoms with Gasteiger partial charge in [0.05, 0.1) is 5.69 Å². The third-order valence-corrected chi connectivity index (χ3v) is 3.23. The Hall–Kier alpha value is -1.30. The summed E-state index contributed by atoms with van der Waals surface area (Å²) in [4.78, 5) is 15.7. The van der Waals surface area contributed by atoms with Gasteiger partial charge in [-0.2, -0.15) is 0 Å². The topological polar surface area (TPSA) is 88.2 Å². The molecular formula is C8H11N3O2S. The molecule has 14 heavy (non-hydrogen) atoms. The van der Waals surface area contributed by atoms with E-state index in [9.17, 15) is 4.79 Å². The zero-order valence-electron chi connectivity index (χ0n) is 7.49. The molecule has 1 amide bonds. The summed E-state index contributed by atoms with van der Waals surface area (Å²) < 4.78 is 0. The van der Waals surface area contributed by atoms with E-state index in [1.807, 2.05) is 0 Å². The number of nitrogen functional groups attached to an aromatic ring is 1. The van der Waals surface area contributed by atoms with E-state index in [4.69, 9.17) is 10.8 Å². The van der Waals surface area contributed by atoms with Crippen LogP contribution < -0.4 is 11.1 Å². The number of amides is 1. The van der Waals surface area contributed by atoms with Gasteiger partial charge < -0.3 is 16.2 Å². The van der Waals surface area contributed by atoms with Crippen molar-refractivity contribution in [1.82, 2.24) is 10.3 Å². The number of nitrogens with zero attached hydrogens (tertiary/aromatic N) is 1. The zero-order valence-corrected chi connectivity index (χ0v) is 8.30. The lowest BCUT2D eigenvalue weighted by atomic mass is 9.98. The Morgan fingerprint density at radius 3 is 3.21 bits per heavy atom. The van der Waals surface area contributed by atoms with Crippen LogP contribution in [-0.2, 0) is 12.8 Å². The molecule has 0 radical (unpaired) electrons. The van der Waals surface area contributed by atoms with E-state index in [-0.39, 0.29) is 6.04 Å². The van der Waals surface area contributed by atoms with Crippen LogP contribution in [0.3, 0.4) is 0 Å². The summed E-state index contributed by atoms with van der Waals surface area (Å²) in [6.07, 6.45) is 1.38. The second-order valence-electron chi connectivity index (χ2n) is 3.31. The van der Waals surface area contributed by atoms with Crippen LogP contribution in [0.1, 0.15) is 17.0 Å². The predicted molar refractivity (Wildman–Crippen MR) is 53.5 cm³/mol. The van der Waals surface area contributed by atoms with Crippen molar-refractivity contribution < 1.29 is 9.90 Å². The third kappa shape index (κ3) is 1.79. The van der Waals surface area contributed by atoms with Gasteiger partial charge >= 0.3 is 6.09 Å². The van der Waals surface area contributed by atoms with Crippen LogP contribution in [0.25, 0.3) is 0 Å². The first-order valence-corrected chi connectivity index (χ1v) is 5.20. The Kier molecular flexibility index (Phi) is 2.28. The van der Waals surface area contributed by atoms with Crippen LogP contribution in [0, 0.1) is 0 Å². The van der Waals surface area contributed by atoms with Crippen molar-refractivity contribution in [2.24, 2.45) is 0 Å². The number of nitrogens with one attached hydrogen (secondary N) is 1. The molecule has 0 fully saturated rings. The number of hydrogen-bond donors (Lipinski definition) is 3. The van der Waals surface area contributed by atoms with Crippen molar-refractivity contribution in [2.45, 2.75) is 25.3 Å². The van der Waals surface area contributed by atoms with Crippen LogP contribution in [0.2, 0.25) is 0 Å². The van der Waals surface area contributed by atoms with E-state index < -0.39 is 6.09 Å². The first-order chi connectivity index (χ1) is 6.65. The van der Waals surface area contributed by atoms with Gasteiger partial charge in [0.25, 0.3) is 0 Å². The highest BCUT2D eigenvalue weighted by atomic mass is 32.1. The minimum atomic E-state index is -0.962. The van der Waals surface area contributed by atoms with Crippen LogP contribution in [0.15, 0.2) is 0 Å². The molecule has 1 aliphatic carbocycles. The first kappa shape index (κ1) is 9.26. The molecule has 0 spiro atoms. The van der Waals surface area contributed by atoms with E-state index in [0.717, 1.165) is 29.8 Å². The third-order valence-electron chi connectivity index (χ3n) is 2.28. The molecule has 0 saturated carbocycles. The zero-order chi connectivity index (χ0) is 10.1. The summed E-state index contributed by atoms with van der Waals surface area (Å²) in [5.41, 5.74) is 6.61. The number of aryl methyl sites for hydroxylation is 1. The largest absolute Gasteiger partial charge is 0.465 e. The first-order valence-electron chi connectivity index (χ1n) is 4.38. The molecule has 4 N–H and O–H groups in total. The van der Waals surface area contributed by atoms with Gasteiger partial charge in [-0.05, 0) is 12.8 Å². The number of hydrogen-bond acceptors (Lipinski definition) is 4. The minimum Gasteiger partial charge on any atom is -0.465 e. The molecule has 1 aliphatic rings. The van der Waals surface area contributed by atoms with Gasteiger partial charge in [-0.25, -0.2) is 9.78 Å². The second kappa shape index (κ2) is 3.45. The normalized spacial score (nSPS) is 20.1. The average Bonchev–Trinajstić information content (AvgIpc) is 2.42. The highest BCUT2D eigenvalue weighted by Crippen LogP contribution is 2.27. The number of thiazole rings is 1. The van der Waals surface area contributed by atoms with E-state index in [1.165, 1.54) is 11.3 Å². The van der Waals surface area contributed by atoms with Crippen LogP contribution >= 0.6 is 11.3 Å². The molecule has 6 heteroatoms. The molecule has 1 atom stereocenters. The highest BCUT2D eigenvalue weighted by molar-refractivity contribution is 7.15. The minimum absolute atomic E-state index is 0.0137. The molecule has 1 aromatic rings. The molecule has 2 rings (SSSR count). The molecule has 0 aliphatic heterocycles. The van der Waals surface area contributed by atoms with Gasteiger partial charge in [-0.15, -0.1) is 11.3 Å². The lowest BCUT2D eigenvalue weighted by Crippen LogP contribution is -2.37. The maximum absolute atomic E-state index is 10.4. The Balaban J connectivity index is 2.09. The van der Waals surface area contributed by atoms with Gasteiger partial charge in [0.15, 0.2) is 5.13 Å². The smallest absolute Gasteiger partial charge is 0.404 e. The molecule has 0 unspecified atom stereocenters. The number of fused-ring (bicyclic) bond motifs is 1. The fourth-order valence-corrected chi connectivity index (χ4v) is 2.65. The van der Waals surface area contributed by atoms with E-state index >= 15 is 0 Å². The maximum Gasteiger partial charge on any atom is 0.404 e. The second-order valence-corrected chi connectivity index (χ2v) is 4.43. The number of nitrogens with two attached hydrogens (primary N) is 1. The predicted octanol–water partition coefficient (Wildman–Crippen LogP) is 0.850. The van der Waals surface area contributed by atoms with E-state index in [1.54, 1.807) is 0 Å². The lowest BCUT2D eigenvalue weighted by molar-refractivity contribution is 0.188. The highest BCUT2D eigenvalue weighted by Gasteiger charge is 2.22. The lowest BCUT2D eigenvalue weighted by Gasteiger charge is -2.20. The summed E-state index contributed by atoms with van der Waals surface area (Å²) in [6.45, 7) is 0. The number of anilines is 1. The van der Waals surface area contributed by atoms with Gasteiger partial charge in [0, 0.05) is 17.3 Å². The molecule has 1 heterocycles. The van der Waals surface area contributed by atoms with Gasteiger partial charge in [0.1, 0.15) is 0 Å². The van der Waals surface area contributed by atoms with Crippen LogP contribution in [0.5, 0.6) is 0 Å². The number of carboxylic acid groups (broad SMARTS) is 1. The van der Waals surface area contributed by atoms with Crippen molar-refractivity contribution in [3.63, 3.8) is 0 Å². The summed E-state index contributed by atoms with van der Waals surface area (Å²) in [5, 5.41) is 11.6. The van der Waals surface area contributed by atoms with Gasteiger partial charge in [-0.1, -0.05) is 0 Å². The Morgan fingerprint density at radius 2 is 2.50 bits per heavy atom. The van der Waals surface area contributed by atoms with E-state index in [0.29, 0.717) is 5.13 Å². The molecule has 76 valence electrons. The molecule has 0 bridgehead atoms. The Bertz CT molecular complexity index is 363. The number of aromatic nitrogens is 1. The summed E-state index contributed by atoms with van der Waals surface area (Å²) in [6, 6.07) is 0.0137. The fraction of sp³-hybridized carbons (Fsp3) is 0.500. The molecule has 0 saturated heterocycles. The monoisotopic (exact) mass is 213 g/mol. The van der Waals surface area contributed by atoms with Crippen molar-refractivity contribution >= 4 is 22.6 Å². The molecular weight excluding hydrogens is 202 g/mol. The number of rotatable bonds is 1. The van der Waals surface area contributed by atoms with Crippen LogP contribution in [0.4, 0.5) is 9.93 Å². The Morgan fingerprint density at radius 1 is 1.71 bits per heavy atom. The molecule has 0 aromatic carbocycles. The average molecular weight is 213 g/mol. The van der Waals surface area contributed by atoms with Crippen molar-refractivity contribution in [2.75, 3.05) is 5.73 Å².